The molecule has 11 heavy (non-hydrogen) atoms. The molecule has 0 radical (unpaired) electrons. The van der Waals surface area contributed by atoms with Gasteiger partial charge in [-0.25, -0.2) is 14.9 Å². The standard InChI is InChI=1S/CH4N4O2.CH2O3/c2-1(3)4-5(6)7;2-1(3)4/h(H4,2,3,4);(H2,2,3,4). The maximum absolute atomic E-state index is 9.28. The Bertz CT molecular complexity index is 150. The second kappa shape index (κ2) is 6.07. The largest absolute Gasteiger partial charge is 0.503 e. The molecule has 9 heteroatoms. The number of nitrogens with one attached hydrogen (secondary N) is 2. The molecule has 0 fully saturated rings. The normalized spacial score (nSPS) is 6.91. The van der Waals surface area contributed by atoms with Crippen molar-refractivity contribution in [1.29, 1.82) is 5.41 Å². The van der Waals surface area contributed by atoms with Crippen LogP contribution in [0.15, 0.2) is 0 Å². The van der Waals surface area contributed by atoms with Crippen LogP contribution in [0.5, 0.6) is 0 Å². The fraction of sp³-hybridized carbons (Fsp3) is 0. The Morgan fingerprint density at radius 2 is 1.91 bits per heavy atom. The van der Waals surface area contributed by atoms with Gasteiger partial charge in [-0.05, 0) is 0 Å². The molecule has 6 N–H and O–H groups in total. The van der Waals surface area contributed by atoms with Crippen LogP contribution in [-0.4, -0.2) is 27.4 Å². The van der Waals surface area contributed by atoms with Crippen molar-refractivity contribution in [3.8, 4) is 0 Å². The molecular formula is C2H6N4O5. The summed E-state index contributed by atoms with van der Waals surface area (Å²) in [6, 6.07) is 0. The number of nitro groups is 1. The van der Waals surface area contributed by atoms with E-state index in [-0.39, 0.29) is 0 Å². The van der Waals surface area contributed by atoms with Gasteiger partial charge in [0.2, 0.25) is 5.96 Å². The van der Waals surface area contributed by atoms with Gasteiger partial charge >= 0.3 is 6.16 Å². The smallest absolute Gasteiger partial charge is 0.450 e. The zero-order chi connectivity index (χ0) is 9.44. The minimum absolute atomic E-state index is 0.662. The zero-order valence-corrected chi connectivity index (χ0v) is 5.14. The number of hydrazine groups is 1. The second-order valence-corrected chi connectivity index (χ2v) is 1.07. The van der Waals surface area contributed by atoms with Crippen molar-refractivity contribution in [2.45, 2.75) is 0 Å². The Kier molecular flexibility index (Phi) is 6.45. The monoisotopic (exact) mass is 166 g/mol. The van der Waals surface area contributed by atoms with Gasteiger partial charge in [-0.2, -0.15) is 0 Å². The van der Waals surface area contributed by atoms with Crippen molar-refractivity contribution in [1.82, 2.24) is 5.43 Å². The highest BCUT2D eigenvalue weighted by Crippen LogP contribution is 1.50. The van der Waals surface area contributed by atoms with E-state index >= 15 is 0 Å². The first-order valence-electron chi connectivity index (χ1n) is 2.03. The van der Waals surface area contributed by atoms with Crippen LogP contribution in [-0.2, 0) is 0 Å². The molecule has 0 aliphatic carbocycles. The lowest BCUT2D eigenvalue weighted by Crippen LogP contribution is -2.34. The molecule has 0 unspecified atom stereocenters. The van der Waals surface area contributed by atoms with Gasteiger partial charge in [0.1, 0.15) is 0 Å². The molecule has 0 rings (SSSR count). The third kappa shape index (κ3) is 74.4. The van der Waals surface area contributed by atoms with Crippen molar-refractivity contribution in [2.24, 2.45) is 5.73 Å². The number of hydrogen-bond acceptors (Lipinski definition) is 4. The number of nitrogens with zero attached hydrogens (tertiary/aromatic N) is 1. The molecule has 0 aromatic carbocycles. The Morgan fingerprint density at radius 1 is 1.64 bits per heavy atom. The zero-order valence-electron chi connectivity index (χ0n) is 5.14. The molecule has 0 aromatic rings. The quantitative estimate of drug-likeness (QED) is 0.142. The first-order valence-corrected chi connectivity index (χ1v) is 2.03. The van der Waals surface area contributed by atoms with Crippen LogP contribution in [0.1, 0.15) is 0 Å². The lowest BCUT2D eigenvalue weighted by molar-refractivity contribution is -0.525. The number of guanidine groups is 1. The van der Waals surface area contributed by atoms with Crippen LogP contribution in [0.3, 0.4) is 0 Å². The van der Waals surface area contributed by atoms with E-state index in [0.29, 0.717) is 0 Å². The molecule has 0 amide bonds. The van der Waals surface area contributed by atoms with Crippen LogP contribution in [0.4, 0.5) is 4.79 Å². The average molecular weight is 166 g/mol. The minimum Gasteiger partial charge on any atom is -0.450 e. The third-order valence-corrected chi connectivity index (χ3v) is 0.212. The van der Waals surface area contributed by atoms with E-state index in [4.69, 9.17) is 20.4 Å². The predicted molar refractivity (Wildman–Crippen MR) is 32.7 cm³/mol. The van der Waals surface area contributed by atoms with E-state index in [9.17, 15) is 10.1 Å². The highest BCUT2D eigenvalue weighted by Gasteiger charge is 1.91. The van der Waals surface area contributed by atoms with E-state index in [0.717, 1.165) is 0 Å². The van der Waals surface area contributed by atoms with E-state index < -0.39 is 17.1 Å². The van der Waals surface area contributed by atoms with Crippen LogP contribution in [0, 0.1) is 15.5 Å². The van der Waals surface area contributed by atoms with Gasteiger partial charge in [0.15, 0.2) is 5.03 Å². The van der Waals surface area contributed by atoms with Crippen LogP contribution in [0.25, 0.3) is 0 Å². The van der Waals surface area contributed by atoms with Crippen molar-refractivity contribution in [3.63, 3.8) is 0 Å². The molecule has 0 aromatic heterocycles. The second-order valence-electron chi connectivity index (χ2n) is 1.07. The molecule has 0 bridgehead atoms. The molecule has 0 aliphatic heterocycles. The minimum atomic E-state index is -1.83. The topological polar surface area (TPSA) is 163 Å². The lowest BCUT2D eigenvalue weighted by Gasteiger charge is -1.86. The van der Waals surface area contributed by atoms with Crippen molar-refractivity contribution in [2.75, 3.05) is 0 Å². The molecule has 0 atom stereocenters. The van der Waals surface area contributed by atoms with Crippen molar-refractivity contribution >= 4 is 12.1 Å². The van der Waals surface area contributed by atoms with Crippen molar-refractivity contribution < 1.29 is 20.0 Å². The van der Waals surface area contributed by atoms with E-state index in [1.807, 2.05) is 0 Å². The van der Waals surface area contributed by atoms with Crippen LogP contribution in [0.2, 0.25) is 0 Å². The van der Waals surface area contributed by atoms with E-state index in [2.05, 4.69) is 5.73 Å². The molecule has 0 spiro atoms. The first kappa shape index (κ1) is 11.7. The summed E-state index contributed by atoms with van der Waals surface area (Å²) in [6.45, 7) is 0. The number of nitrogens with two attached hydrogens (primary N) is 1. The summed E-state index contributed by atoms with van der Waals surface area (Å²) in [4.78, 5) is 17.8. The molecule has 64 valence electrons. The molecule has 0 aliphatic rings. The summed E-state index contributed by atoms with van der Waals surface area (Å²) in [5.74, 6) is -0.662. The predicted octanol–water partition coefficient (Wildman–Crippen LogP) is -1.12. The number of carboxylic acid groups (broad SMARTS) is 2. The summed E-state index contributed by atoms with van der Waals surface area (Å²) < 4.78 is 0. The number of carbonyl (C=O) groups is 1. The molecule has 0 saturated carbocycles. The summed E-state index contributed by atoms with van der Waals surface area (Å²) >= 11 is 0. The third-order valence-electron chi connectivity index (χ3n) is 0.212. The summed E-state index contributed by atoms with van der Waals surface area (Å²) in [6.07, 6.45) is -1.83. The highest BCUT2D eigenvalue weighted by atomic mass is 16.7. The number of rotatable bonds is 1. The Hall–Kier alpha value is -2.06. The fourth-order valence-electron chi connectivity index (χ4n) is 0.0983. The van der Waals surface area contributed by atoms with Crippen LogP contribution >= 0.6 is 0 Å². The average Bonchev–Trinajstić information content (AvgIpc) is 1.56. The van der Waals surface area contributed by atoms with Gasteiger partial charge in [-0.3, -0.25) is 5.41 Å². The Labute approximate surface area is 60.1 Å². The van der Waals surface area contributed by atoms with E-state index in [1.54, 1.807) is 0 Å². The Morgan fingerprint density at radius 3 is 1.91 bits per heavy atom. The summed E-state index contributed by atoms with van der Waals surface area (Å²) in [5, 5.41) is 28.6. The van der Waals surface area contributed by atoms with Gasteiger partial charge in [0.25, 0.3) is 0 Å². The molecule has 9 nitrogen and oxygen atoms in total. The maximum atomic E-state index is 9.28. The molecule has 0 saturated heterocycles. The van der Waals surface area contributed by atoms with E-state index in [1.165, 1.54) is 5.43 Å². The molecular weight excluding hydrogens is 160 g/mol. The lowest BCUT2D eigenvalue weighted by atomic mass is 11.1. The maximum Gasteiger partial charge on any atom is 0.503 e. The summed E-state index contributed by atoms with van der Waals surface area (Å²) in [7, 11) is 0. The summed E-state index contributed by atoms with van der Waals surface area (Å²) in [5.41, 5.74) is 5.91. The van der Waals surface area contributed by atoms with Gasteiger partial charge in [-0.15, -0.1) is 0 Å². The number of hydrogen-bond donors (Lipinski definition) is 5. The van der Waals surface area contributed by atoms with Gasteiger partial charge in [0, 0.05) is 0 Å². The van der Waals surface area contributed by atoms with Crippen LogP contribution < -0.4 is 11.2 Å². The van der Waals surface area contributed by atoms with Gasteiger partial charge in [0.05, 0.1) is 0 Å². The highest BCUT2D eigenvalue weighted by molar-refractivity contribution is 5.72. The van der Waals surface area contributed by atoms with Gasteiger partial charge in [-0.1, -0.05) is 5.43 Å². The fourth-order valence-corrected chi connectivity index (χ4v) is 0.0983. The van der Waals surface area contributed by atoms with Gasteiger partial charge < -0.3 is 15.9 Å². The Balaban J connectivity index is 0. The van der Waals surface area contributed by atoms with Crippen molar-refractivity contribution in [3.05, 3.63) is 10.1 Å². The first-order chi connectivity index (χ1) is 4.86. The SMILES string of the molecule is N=C(N)N[N+](=O)[O-].O=C(O)O. The molecule has 0 heterocycles.